The van der Waals surface area contributed by atoms with Crippen LogP contribution in [0.5, 0.6) is 11.5 Å². The van der Waals surface area contributed by atoms with Crippen molar-refractivity contribution >= 4 is 10.9 Å². The zero-order valence-electron chi connectivity index (χ0n) is 5.70. The molecule has 11 heavy (non-hydrogen) atoms. The highest BCUT2D eigenvalue weighted by Gasteiger charge is 2.04. The summed E-state index contributed by atoms with van der Waals surface area (Å²) >= 11 is 0. The molecule has 1 heterocycles. The number of rotatable bonds is 0. The number of aromatic nitrogens is 1. The highest BCUT2D eigenvalue weighted by molar-refractivity contribution is 5.91. The number of aromatic hydroxyl groups is 2. The summed E-state index contributed by atoms with van der Waals surface area (Å²) in [5, 5.41) is 18.9. The Morgan fingerprint density at radius 3 is 2.64 bits per heavy atom. The molecule has 0 bridgehead atoms. The molecule has 0 amide bonds. The van der Waals surface area contributed by atoms with Gasteiger partial charge in [0.25, 0.3) is 0 Å². The summed E-state index contributed by atoms with van der Waals surface area (Å²) < 4.78 is 0. The van der Waals surface area contributed by atoms with Crippen molar-refractivity contribution in [1.82, 2.24) is 4.98 Å². The normalized spacial score (nSPS) is 10.5. The van der Waals surface area contributed by atoms with Crippen LogP contribution in [-0.4, -0.2) is 15.2 Å². The molecule has 1 aromatic heterocycles. The highest BCUT2D eigenvalue weighted by Crippen LogP contribution is 2.31. The van der Waals surface area contributed by atoms with E-state index < -0.39 is 0 Å². The lowest BCUT2D eigenvalue weighted by molar-refractivity contribution is 0.465. The number of nitrogens with one attached hydrogen (secondary N) is 1. The van der Waals surface area contributed by atoms with E-state index in [-0.39, 0.29) is 11.5 Å². The second kappa shape index (κ2) is 1.92. The minimum absolute atomic E-state index is 0.0816. The number of hydrogen-bond acceptors (Lipinski definition) is 2. The first-order valence-corrected chi connectivity index (χ1v) is 3.27. The summed E-state index contributed by atoms with van der Waals surface area (Å²) in [6.45, 7) is 0. The van der Waals surface area contributed by atoms with E-state index in [9.17, 15) is 10.2 Å². The monoisotopic (exact) mass is 149 g/mol. The quantitative estimate of drug-likeness (QED) is 0.532. The van der Waals surface area contributed by atoms with Gasteiger partial charge in [-0.3, -0.25) is 0 Å². The van der Waals surface area contributed by atoms with Crippen LogP contribution in [0, 0.1) is 0 Å². The van der Waals surface area contributed by atoms with Gasteiger partial charge in [-0.25, -0.2) is 0 Å². The van der Waals surface area contributed by atoms with Gasteiger partial charge in [0, 0.05) is 6.20 Å². The number of hydrogen-bond donors (Lipinski definition) is 3. The molecule has 0 atom stereocenters. The van der Waals surface area contributed by atoms with Gasteiger partial charge in [-0.2, -0.15) is 0 Å². The summed E-state index contributed by atoms with van der Waals surface area (Å²) in [7, 11) is 0. The van der Waals surface area contributed by atoms with Crippen molar-refractivity contribution < 1.29 is 10.2 Å². The van der Waals surface area contributed by atoms with Crippen molar-refractivity contribution in [2.45, 2.75) is 0 Å². The van der Waals surface area contributed by atoms with Crippen LogP contribution in [0.2, 0.25) is 0 Å². The van der Waals surface area contributed by atoms with Gasteiger partial charge in [0.1, 0.15) is 11.5 Å². The Bertz CT molecular complexity index is 392. The van der Waals surface area contributed by atoms with Crippen molar-refractivity contribution in [3.8, 4) is 11.5 Å². The number of phenols is 1. The molecule has 0 unspecified atom stereocenters. The molecule has 3 nitrogen and oxygen atoms in total. The van der Waals surface area contributed by atoms with Crippen LogP contribution in [-0.2, 0) is 0 Å². The number of fused-ring (bicyclic) bond motifs is 1. The predicted molar refractivity (Wildman–Crippen MR) is 41.6 cm³/mol. The molecule has 0 fully saturated rings. The second-order valence-electron chi connectivity index (χ2n) is 2.37. The van der Waals surface area contributed by atoms with E-state index in [1.807, 2.05) is 0 Å². The zero-order valence-corrected chi connectivity index (χ0v) is 5.70. The molecule has 1 aromatic carbocycles. The Labute approximate surface area is 62.9 Å². The molecule has 56 valence electrons. The third-order valence-corrected chi connectivity index (χ3v) is 1.66. The third-order valence-electron chi connectivity index (χ3n) is 1.66. The maximum Gasteiger partial charge on any atom is 0.144 e. The van der Waals surface area contributed by atoms with Crippen LogP contribution in [0.15, 0.2) is 24.4 Å². The van der Waals surface area contributed by atoms with Crippen LogP contribution >= 0.6 is 0 Å². The largest absolute Gasteiger partial charge is 0.507 e. The number of benzene rings is 1. The standard InChI is InChI=1S/C8H7NO2/c10-6-3-1-2-5-8(6)7(11)4-9-5/h1-4,9-11H. The van der Waals surface area contributed by atoms with Gasteiger partial charge >= 0.3 is 0 Å². The molecule has 3 N–H and O–H groups in total. The molecule has 3 heteroatoms. The molecule has 2 aromatic rings. The average molecular weight is 149 g/mol. The Morgan fingerprint density at radius 2 is 1.91 bits per heavy atom. The average Bonchev–Trinajstić information content (AvgIpc) is 2.34. The summed E-state index contributed by atoms with van der Waals surface area (Å²) in [6, 6.07) is 5.04. The first kappa shape index (κ1) is 6.09. The Balaban J connectivity index is 2.96. The lowest BCUT2D eigenvalue weighted by atomic mass is 10.2. The smallest absolute Gasteiger partial charge is 0.144 e. The first-order chi connectivity index (χ1) is 5.29. The second-order valence-corrected chi connectivity index (χ2v) is 2.37. The summed E-state index contributed by atoms with van der Waals surface area (Å²) in [4.78, 5) is 2.82. The van der Waals surface area contributed by atoms with Gasteiger partial charge in [-0.05, 0) is 12.1 Å². The van der Waals surface area contributed by atoms with Crippen molar-refractivity contribution in [3.63, 3.8) is 0 Å². The molecule has 0 aliphatic rings. The van der Waals surface area contributed by atoms with E-state index in [0.29, 0.717) is 5.39 Å². The van der Waals surface area contributed by atoms with Gasteiger partial charge in [0.2, 0.25) is 0 Å². The maximum absolute atomic E-state index is 9.26. The van der Waals surface area contributed by atoms with Crippen molar-refractivity contribution in [2.24, 2.45) is 0 Å². The third kappa shape index (κ3) is 0.741. The fourth-order valence-electron chi connectivity index (χ4n) is 1.15. The molecule has 2 rings (SSSR count). The van der Waals surface area contributed by atoms with Gasteiger partial charge in [0.15, 0.2) is 0 Å². The lowest BCUT2D eigenvalue weighted by Gasteiger charge is -1.93. The molecule has 0 saturated carbocycles. The summed E-state index contributed by atoms with van der Waals surface area (Å²) in [6.07, 6.45) is 1.45. The van der Waals surface area contributed by atoms with Gasteiger partial charge in [-0.1, -0.05) is 6.07 Å². The van der Waals surface area contributed by atoms with Crippen LogP contribution in [0.4, 0.5) is 0 Å². The predicted octanol–water partition coefficient (Wildman–Crippen LogP) is 1.58. The van der Waals surface area contributed by atoms with E-state index in [1.165, 1.54) is 12.3 Å². The SMILES string of the molecule is Oc1cccc2[nH]cc(O)c12. The van der Waals surface area contributed by atoms with E-state index in [4.69, 9.17) is 0 Å². The minimum atomic E-state index is 0.0816. The van der Waals surface area contributed by atoms with Crippen LogP contribution in [0.3, 0.4) is 0 Å². The zero-order chi connectivity index (χ0) is 7.84. The van der Waals surface area contributed by atoms with Crippen LogP contribution in [0.25, 0.3) is 10.9 Å². The fraction of sp³-hybridized carbons (Fsp3) is 0. The molecule has 0 radical (unpaired) electrons. The fourth-order valence-corrected chi connectivity index (χ4v) is 1.15. The number of aromatic amines is 1. The topological polar surface area (TPSA) is 56.2 Å². The van der Waals surface area contributed by atoms with Gasteiger partial charge in [-0.15, -0.1) is 0 Å². The molecular weight excluding hydrogens is 142 g/mol. The Kier molecular flexibility index (Phi) is 1.06. The van der Waals surface area contributed by atoms with Crippen molar-refractivity contribution in [2.75, 3.05) is 0 Å². The van der Waals surface area contributed by atoms with E-state index in [0.717, 1.165) is 5.52 Å². The van der Waals surface area contributed by atoms with Crippen LogP contribution in [0.1, 0.15) is 0 Å². The molecular formula is C8H7NO2. The van der Waals surface area contributed by atoms with Crippen LogP contribution < -0.4 is 0 Å². The Morgan fingerprint density at radius 1 is 1.09 bits per heavy atom. The van der Waals surface area contributed by atoms with Gasteiger partial charge < -0.3 is 15.2 Å². The molecule has 0 saturated heterocycles. The highest BCUT2D eigenvalue weighted by atomic mass is 16.3. The molecule has 0 aliphatic heterocycles. The van der Waals surface area contributed by atoms with E-state index in [1.54, 1.807) is 12.1 Å². The number of phenolic OH excluding ortho intramolecular Hbond substituents is 1. The van der Waals surface area contributed by atoms with E-state index in [2.05, 4.69) is 4.98 Å². The lowest BCUT2D eigenvalue weighted by Crippen LogP contribution is -1.67. The van der Waals surface area contributed by atoms with Crippen molar-refractivity contribution in [3.05, 3.63) is 24.4 Å². The number of H-pyrrole nitrogens is 1. The van der Waals surface area contributed by atoms with Crippen molar-refractivity contribution in [1.29, 1.82) is 0 Å². The van der Waals surface area contributed by atoms with E-state index >= 15 is 0 Å². The summed E-state index contributed by atoms with van der Waals surface area (Å²) in [5.41, 5.74) is 0.738. The van der Waals surface area contributed by atoms with Gasteiger partial charge in [0.05, 0.1) is 10.9 Å². The molecule has 0 spiro atoms. The minimum Gasteiger partial charge on any atom is -0.507 e. The molecule has 0 aliphatic carbocycles. The Hall–Kier alpha value is -1.64. The summed E-state index contributed by atoms with van der Waals surface area (Å²) in [5.74, 6) is 0.180. The maximum atomic E-state index is 9.26. The first-order valence-electron chi connectivity index (χ1n) is 3.27.